The molecule has 0 saturated carbocycles. The highest BCUT2D eigenvalue weighted by molar-refractivity contribution is 7.89. The first kappa shape index (κ1) is 16.3. The van der Waals surface area contributed by atoms with Gasteiger partial charge >= 0.3 is 5.97 Å². The molecule has 2 N–H and O–H groups in total. The van der Waals surface area contributed by atoms with Crippen molar-refractivity contribution in [2.45, 2.75) is 33.2 Å². The monoisotopic (exact) mass is 267 g/mol. The van der Waals surface area contributed by atoms with Crippen molar-refractivity contribution in [3.05, 3.63) is 0 Å². The van der Waals surface area contributed by atoms with E-state index in [1.165, 1.54) is 7.11 Å². The first-order valence-corrected chi connectivity index (χ1v) is 6.97. The van der Waals surface area contributed by atoms with E-state index in [9.17, 15) is 13.2 Å². The zero-order valence-corrected chi connectivity index (χ0v) is 11.5. The molecular weight excluding hydrogens is 246 g/mol. The second kappa shape index (κ2) is 6.32. The maximum absolute atomic E-state index is 11.6. The Hall–Kier alpha value is -0.660. The molecule has 0 fully saturated rings. The highest BCUT2D eigenvalue weighted by Crippen LogP contribution is 2.20. The maximum Gasteiger partial charge on any atom is 0.322 e. The summed E-state index contributed by atoms with van der Waals surface area (Å²) in [6.07, 6.45) is 0.336. The Morgan fingerprint density at radius 1 is 1.41 bits per heavy atom. The average molecular weight is 267 g/mol. The van der Waals surface area contributed by atoms with Gasteiger partial charge in [-0.1, -0.05) is 20.8 Å². The lowest BCUT2D eigenvalue weighted by Gasteiger charge is -2.27. The van der Waals surface area contributed by atoms with Crippen molar-refractivity contribution in [3.8, 4) is 0 Å². The number of carboxylic acid groups (broad SMARTS) is 1. The molecule has 0 unspecified atom stereocenters. The Bertz CT molecular complexity index is 344. The topological polar surface area (TPSA) is 92.7 Å². The lowest BCUT2D eigenvalue weighted by Crippen LogP contribution is -2.49. The second-order valence-corrected chi connectivity index (χ2v) is 6.79. The molecular formula is C10H21NO5S. The predicted molar refractivity (Wildman–Crippen MR) is 64.3 cm³/mol. The summed E-state index contributed by atoms with van der Waals surface area (Å²) in [5.74, 6) is -1.31. The van der Waals surface area contributed by atoms with Gasteiger partial charge in [0.15, 0.2) is 0 Å². The van der Waals surface area contributed by atoms with Crippen LogP contribution in [0.1, 0.15) is 27.2 Å². The van der Waals surface area contributed by atoms with Gasteiger partial charge in [0, 0.05) is 13.7 Å². The maximum atomic E-state index is 11.6. The van der Waals surface area contributed by atoms with E-state index >= 15 is 0 Å². The number of rotatable bonds is 7. The highest BCUT2D eigenvalue weighted by Gasteiger charge is 2.34. The van der Waals surface area contributed by atoms with Gasteiger partial charge in [0.2, 0.25) is 10.0 Å². The Kier molecular flexibility index (Phi) is 6.08. The Morgan fingerprint density at radius 2 is 1.94 bits per heavy atom. The zero-order chi connectivity index (χ0) is 13.7. The summed E-state index contributed by atoms with van der Waals surface area (Å²) in [5.41, 5.74) is -0.680. The molecule has 0 saturated heterocycles. The third-order valence-electron chi connectivity index (χ3n) is 2.17. The third-order valence-corrected chi connectivity index (χ3v) is 3.59. The van der Waals surface area contributed by atoms with Crippen LogP contribution in [0.2, 0.25) is 0 Å². The molecule has 17 heavy (non-hydrogen) atoms. The number of aliphatic carboxylic acids is 1. The van der Waals surface area contributed by atoms with Crippen LogP contribution in [0, 0.1) is 5.41 Å². The summed E-state index contributed by atoms with van der Waals surface area (Å²) < 4.78 is 30.2. The van der Waals surface area contributed by atoms with Crippen LogP contribution in [-0.4, -0.2) is 45.0 Å². The van der Waals surface area contributed by atoms with Gasteiger partial charge in [-0.3, -0.25) is 4.79 Å². The Balaban J connectivity index is 4.61. The van der Waals surface area contributed by atoms with E-state index in [1.54, 1.807) is 20.8 Å². The number of sulfonamides is 1. The molecule has 0 bridgehead atoms. The quantitative estimate of drug-likeness (QED) is 0.653. The first-order chi connectivity index (χ1) is 7.60. The van der Waals surface area contributed by atoms with E-state index in [0.717, 1.165) is 0 Å². The van der Waals surface area contributed by atoms with Crippen LogP contribution in [0.15, 0.2) is 0 Å². The molecule has 6 nitrogen and oxygen atoms in total. The van der Waals surface area contributed by atoms with Gasteiger partial charge in [0.1, 0.15) is 6.04 Å². The molecule has 0 aromatic rings. The van der Waals surface area contributed by atoms with E-state index in [-0.39, 0.29) is 5.75 Å². The minimum atomic E-state index is -3.59. The van der Waals surface area contributed by atoms with Crippen LogP contribution in [0.3, 0.4) is 0 Å². The summed E-state index contributed by atoms with van der Waals surface area (Å²) in [4.78, 5) is 11.0. The number of nitrogens with one attached hydrogen (secondary N) is 1. The van der Waals surface area contributed by atoms with Crippen LogP contribution in [0.4, 0.5) is 0 Å². The molecule has 102 valence electrons. The summed E-state index contributed by atoms with van der Waals surface area (Å²) >= 11 is 0. The molecule has 0 amide bonds. The molecule has 7 heteroatoms. The predicted octanol–water partition coefficient (Wildman–Crippen LogP) is 0.442. The number of hydrogen-bond acceptors (Lipinski definition) is 4. The van der Waals surface area contributed by atoms with Gasteiger partial charge in [-0.2, -0.15) is 0 Å². The zero-order valence-electron chi connectivity index (χ0n) is 10.7. The number of carbonyl (C=O) groups is 1. The van der Waals surface area contributed by atoms with Gasteiger partial charge in [0.05, 0.1) is 5.75 Å². The van der Waals surface area contributed by atoms with Crippen molar-refractivity contribution in [2.75, 3.05) is 19.5 Å². The molecule has 0 aromatic carbocycles. The molecule has 0 heterocycles. The van der Waals surface area contributed by atoms with Crippen molar-refractivity contribution in [2.24, 2.45) is 5.41 Å². The Morgan fingerprint density at radius 3 is 2.29 bits per heavy atom. The molecule has 0 spiro atoms. The van der Waals surface area contributed by atoms with E-state index < -0.39 is 27.4 Å². The van der Waals surface area contributed by atoms with Gasteiger partial charge in [-0.05, 0) is 11.8 Å². The fraction of sp³-hybridized carbons (Fsp3) is 0.900. The number of hydrogen-bond donors (Lipinski definition) is 2. The summed E-state index contributed by atoms with van der Waals surface area (Å²) in [5, 5.41) is 8.99. The third kappa shape index (κ3) is 6.60. The van der Waals surface area contributed by atoms with Crippen LogP contribution >= 0.6 is 0 Å². The smallest absolute Gasteiger partial charge is 0.322 e. The summed E-state index contributed by atoms with van der Waals surface area (Å²) in [7, 11) is -2.11. The largest absolute Gasteiger partial charge is 0.480 e. The fourth-order valence-corrected chi connectivity index (χ4v) is 2.66. The van der Waals surface area contributed by atoms with E-state index in [2.05, 4.69) is 4.72 Å². The SMILES string of the molecule is COCCCS(=O)(=O)N[C@@H](C(=O)O)C(C)(C)C. The van der Waals surface area contributed by atoms with Crippen LogP contribution in [-0.2, 0) is 19.6 Å². The summed E-state index contributed by atoms with van der Waals surface area (Å²) in [6, 6.07) is -1.13. The summed E-state index contributed by atoms with van der Waals surface area (Å²) in [6.45, 7) is 5.34. The molecule has 0 aliphatic rings. The van der Waals surface area contributed by atoms with Crippen molar-refractivity contribution < 1.29 is 23.1 Å². The van der Waals surface area contributed by atoms with Crippen LogP contribution < -0.4 is 4.72 Å². The minimum absolute atomic E-state index is 0.138. The van der Waals surface area contributed by atoms with Crippen molar-refractivity contribution in [3.63, 3.8) is 0 Å². The fourth-order valence-electron chi connectivity index (χ4n) is 1.23. The van der Waals surface area contributed by atoms with Crippen molar-refractivity contribution >= 4 is 16.0 Å². The van der Waals surface area contributed by atoms with Crippen molar-refractivity contribution in [1.82, 2.24) is 4.72 Å². The number of carboxylic acids is 1. The number of methoxy groups -OCH3 is 1. The van der Waals surface area contributed by atoms with E-state index in [1.807, 2.05) is 0 Å². The highest BCUT2D eigenvalue weighted by atomic mass is 32.2. The van der Waals surface area contributed by atoms with Gasteiger partial charge in [-0.25, -0.2) is 13.1 Å². The molecule has 0 aliphatic heterocycles. The van der Waals surface area contributed by atoms with Crippen LogP contribution in [0.25, 0.3) is 0 Å². The molecule has 0 aliphatic carbocycles. The van der Waals surface area contributed by atoms with Gasteiger partial charge in [-0.15, -0.1) is 0 Å². The standard InChI is InChI=1S/C10H21NO5S/c1-10(2,3)8(9(12)13)11-17(14,15)7-5-6-16-4/h8,11H,5-7H2,1-4H3,(H,12,13)/t8-/m0/s1. The lowest BCUT2D eigenvalue weighted by atomic mass is 9.88. The van der Waals surface area contributed by atoms with Gasteiger partial charge in [0.25, 0.3) is 0 Å². The molecule has 0 rings (SSSR count). The Labute approximate surface area is 102 Å². The number of ether oxygens (including phenoxy) is 1. The molecule has 0 aromatic heterocycles. The van der Waals surface area contributed by atoms with Gasteiger partial charge < -0.3 is 9.84 Å². The second-order valence-electron chi connectivity index (χ2n) is 4.92. The average Bonchev–Trinajstić information content (AvgIpc) is 2.12. The van der Waals surface area contributed by atoms with E-state index in [4.69, 9.17) is 9.84 Å². The minimum Gasteiger partial charge on any atom is -0.480 e. The first-order valence-electron chi connectivity index (χ1n) is 5.32. The molecule has 0 radical (unpaired) electrons. The van der Waals surface area contributed by atoms with Crippen molar-refractivity contribution in [1.29, 1.82) is 0 Å². The molecule has 1 atom stereocenters. The normalized spacial score (nSPS) is 14.6. The van der Waals surface area contributed by atoms with E-state index in [0.29, 0.717) is 13.0 Å². The lowest BCUT2D eigenvalue weighted by molar-refractivity contribution is -0.141. The van der Waals surface area contributed by atoms with Crippen LogP contribution in [0.5, 0.6) is 0 Å².